The molecule has 0 saturated carbocycles. The number of rotatable bonds is 9. The highest BCUT2D eigenvalue weighted by atomic mass is 16.6. The van der Waals surface area contributed by atoms with Crippen LogP contribution >= 0.6 is 0 Å². The van der Waals surface area contributed by atoms with E-state index in [9.17, 15) is 30.3 Å². The SMILES string of the molecule is CCOc1cc(/C=C(/C#N)C(=O)Nc2ccc(C)cc2)ccc1Oc1ccc([N+](=O)[O-])cc1[N+](=O)[O-]. The third-order valence-corrected chi connectivity index (χ3v) is 4.82. The van der Waals surface area contributed by atoms with E-state index in [-0.39, 0.29) is 29.4 Å². The molecule has 1 N–H and O–H groups in total. The second-order valence-electron chi connectivity index (χ2n) is 7.40. The first-order valence-electron chi connectivity index (χ1n) is 10.6. The van der Waals surface area contributed by atoms with Gasteiger partial charge in [-0.2, -0.15) is 5.26 Å². The molecule has 0 radical (unpaired) electrons. The molecular formula is C25H20N4O7. The number of nitrogens with zero attached hydrogens (tertiary/aromatic N) is 3. The molecule has 3 aromatic rings. The van der Waals surface area contributed by atoms with Gasteiger partial charge in [0.2, 0.25) is 5.75 Å². The lowest BCUT2D eigenvalue weighted by Crippen LogP contribution is -2.13. The lowest BCUT2D eigenvalue weighted by molar-refractivity contribution is -0.394. The zero-order valence-corrected chi connectivity index (χ0v) is 19.3. The van der Waals surface area contributed by atoms with Crippen LogP contribution in [0.5, 0.6) is 17.2 Å². The number of hydrogen-bond donors (Lipinski definition) is 1. The number of anilines is 1. The minimum atomic E-state index is -0.786. The molecule has 11 heteroatoms. The van der Waals surface area contributed by atoms with E-state index in [1.54, 1.807) is 19.1 Å². The smallest absolute Gasteiger partial charge is 0.318 e. The minimum absolute atomic E-state index is 0.105. The average Bonchev–Trinajstić information content (AvgIpc) is 2.85. The highest BCUT2D eigenvalue weighted by Crippen LogP contribution is 2.38. The van der Waals surface area contributed by atoms with E-state index in [4.69, 9.17) is 9.47 Å². The van der Waals surface area contributed by atoms with E-state index in [1.807, 2.05) is 25.1 Å². The van der Waals surface area contributed by atoms with Crippen molar-refractivity contribution in [1.29, 1.82) is 5.26 Å². The molecule has 0 aliphatic carbocycles. The summed E-state index contributed by atoms with van der Waals surface area (Å²) < 4.78 is 11.2. The fourth-order valence-electron chi connectivity index (χ4n) is 3.08. The van der Waals surface area contributed by atoms with Crippen LogP contribution in [0.1, 0.15) is 18.1 Å². The molecule has 0 bridgehead atoms. The molecule has 0 spiro atoms. The van der Waals surface area contributed by atoms with E-state index in [2.05, 4.69) is 5.32 Å². The highest BCUT2D eigenvalue weighted by molar-refractivity contribution is 6.09. The van der Waals surface area contributed by atoms with Crippen molar-refractivity contribution in [3.8, 4) is 23.3 Å². The molecule has 0 aliphatic heterocycles. The number of nitro benzene ring substituents is 2. The number of ether oxygens (including phenoxy) is 2. The number of nitro groups is 2. The third-order valence-electron chi connectivity index (χ3n) is 4.82. The summed E-state index contributed by atoms with van der Waals surface area (Å²) in [5.74, 6) is -0.519. The number of aryl methyl sites for hydroxylation is 1. The van der Waals surface area contributed by atoms with Crippen molar-refractivity contribution in [3.63, 3.8) is 0 Å². The summed E-state index contributed by atoms with van der Waals surface area (Å²) in [6.07, 6.45) is 1.37. The van der Waals surface area contributed by atoms with Gasteiger partial charge >= 0.3 is 5.69 Å². The van der Waals surface area contributed by atoms with Gasteiger partial charge in [-0.25, -0.2) is 0 Å². The van der Waals surface area contributed by atoms with Crippen LogP contribution in [-0.2, 0) is 4.79 Å². The Labute approximate surface area is 205 Å². The maximum absolute atomic E-state index is 12.6. The summed E-state index contributed by atoms with van der Waals surface area (Å²) in [5, 5.41) is 34.5. The molecule has 0 atom stereocenters. The van der Waals surface area contributed by atoms with E-state index in [1.165, 1.54) is 24.3 Å². The van der Waals surface area contributed by atoms with E-state index in [0.717, 1.165) is 23.8 Å². The van der Waals surface area contributed by atoms with E-state index in [0.29, 0.717) is 11.3 Å². The normalized spacial score (nSPS) is 10.8. The molecule has 182 valence electrons. The summed E-state index contributed by atoms with van der Waals surface area (Å²) in [6.45, 7) is 3.86. The number of carbonyl (C=O) groups is 1. The van der Waals surface area contributed by atoms with Gasteiger partial charge in [-0.15, -0.1) is 0 Å². The first kappa shape index (κ1) is 25.4. The van der Waals surface area contributed by atoms with Gasteiger partial charge in [0.25, 0.3) is 11.6 Å². The number of amides is 1. The molecule has 0 aliphatic rings. The predicted octanol–water partition coefficient (Wildman–Crippen LogP) is 5.55. The maximum atomic E-state index is 12.6. The average molecular weight is 488 g/mol. The van der Waals surface area contributed by atoms with Crippen LogP contribution in [0.3, 0.4) is 0 Å². The van der Waals surface area contributed by atoms with Crippen molar-refractivity contribution in [2.24, 2.45) is 0 Å². The standard InChI is InChI=1S/C25H20N4O7/c1-3-35-24-13-17(12-18(15-26)25(30)27-19-7-4-16(2)5-8-19)6-10-23(24)36-22-11-9-20(28(31)32)14-21(22)29(33)34/h4-14H,3H2,1-2H3,(H,27,30)/b18-12-. The number of nitriles is 1. The molecule has 11 nitrogen and oxygen atoms in total. The zero-order chi connectivity index (χ0) is 26.2. The van der Waals surface area contributed by atoms with Gasteiger partial charge in [0, 0.05) is 11.8 Å². The van der Waals surface area contributed by atoms with Gasteiger partial charge in [0.1, 0.15) is 11.6 Å². The number of nitrogens with one attached hydrogen (secondary N) is 1. The molecule has 0 saturated heterocycles. The fourth-order valence-corrected chi connectivity index (χ4v) is 3.08. The molecule has 3 aromatic carbocycles. The van der Waals surface area contributed by atoms with Crippen LogP contribution in [0.15, 0.2) is 66.2 Å². The van der Waals surface area contributed by atoms with E-state index < -0.39 is 27.1 Å². The predicted molar refractivity (Wildman–Crippen MR) is 131 cm³/mol. The molecule has 3 rings (SSSR count). The Kier molecular flexibility index (Phi) is 7.94. The Morgan fingerprint density at radius 3 is 2.31 bits per heavy atom. The zero-order valence-electron chi connectivity index (χ0n) is 19.3. The Morgan fingerprint density at radius 1 is 1.00 bits per heavy atom. The Hall–Kier alpha value is -5.24. The minimum Gasteiger partial charge on any atom is -0.490 e. The number of benzene rings is 3. The molecule has 0 aromatic heterocycles. The second-order valence-corrected chi connectivity index (χ2v) is 7.40. The fraction of sp³-hybridized carbons (Fsp3) is 0.120. The van der Waals surface area contributed by atoms with Crippen LogP contribution in [0.2, 0.25) is 0 Å². The van der Waals surface area contributed by atoms with Crippen LogP contribution in [0, 0.1) is 38.5 Å². The summed E-state index contributed by atoms with van der Waals surface area (Å²) in [5.41, 5.74) is 0.809. The lowest BCUT2D eigenvalue weighted by atomic mass is 10.1. The molecule has 36 heavy (non-hydrogen) atoms. The van der Waals surface area contributed by atoms with Gasteiger partial charge in [-0.3, -0.25) is 25.0 Å². The van der Waals surface area contributed by atoms with Crippen molar-refractivity contribution >= 4 is 29.0 Å². The molecule has 1 amide bonds. The van der Waals surface area contributed by atoms with Gasteiger partial charge < -0.3 is 14.8 Å². The third kappa shape index (κ3) is 6.21. The molecule has 0 fully saturated rings. The number of non-ortho nitro benzene ring substituents is 1. The summed E-state index contributed by atoms with van der Waals surface area (Å²) >= 11 is 0. The topological polar surface area (TPSA) is 158 Å². The number of hydrogen-bond acceptors (Lipinski definition) is 8. The van der Waals surface area contributed by atoms with Gasteiger partial charge in [0.05, 0.1) is 22.5 Å². The molecule has 0 unspecified atom stereocenters. The first-order valence-corrected chi connectivity index (χ1v) is 10.6. The first-order chi connectivity index (χ1) is 17.2. The maximum Gasteiger partial charge on any atom is 0.318 e. The van der Waals surface area contributed by atoms with Gasteiger partial charge in [-0.05, 0) is 55.8 Å². The van der Waals surface area contributed by atoms with Crippen molar-refractivity contribution in [2.45, 2.75) is 13.8 Å². The number of carbonyl (C=O) groups excluding carboxylic acids is 1. The summed E-state index contributed by atoms with van der Waals surface area (Å²) in [6, 6.07) is 16.5. The van der Waals surface area contributed by atoms with Crippen LogP contribution in [0.4, 0.5) is 17.1 Å². The monoisotopic (exact) mass is 488 g/mol. The molecular weight excluding hydrogens is 468 g/mol. The van der Waals surface area contributed by atoms with Crippen molar-refractivity contribution in [1.82, 2.24) is 0 Å². The Balaban J connectivity index is 1.90. The van der Waals surface area contributed by atoms with E-state index >= 15 is 0 Å². The van der Waals surface area contributed by atoms with Crippen molar-refractivity contribution < 1.29 is 24.1 Å². The second kappa shape index (κ2) is 11.3. The summed E-state index contributed by atoms with van der Waals surface area (Å²) in [4.78, 5) is 33.4. The van der Waals surface area contributed by atoms with Gasteiger partial charge in [-0.1, -0.05) is 23.8 Å². The van der Waals surface area contributed by atoms with Crippen molar-refractivity contribution in [3.05, 3.63) is 97.6 Å². The largest absolute Gasteiger partial charge is 0.490 e. The Morgan fingerprint density at radius 2 is 1.69 bits per heavy atom. The van der Waals surface area contributed by atoms with Crippen LogP contribution in [-0.4, -0.2) is 22.4 Å². The van der Waals surface area contributed by atoms with Crippen molar-refractivity contribution in [2.75, 3.05) is 11.9 Å². The summed E-state index contributed by atoms with van der Waals surface area (Å²) in [7, 11) is 0. The Bertz CT molecular complexity index is 1390. The van der Waals surface area contributed by atoms with Gasteiger partial charge in [0.15, 0.2) is 11.5 Å². The van der Waals surface area contributed by atoms with Crippen LogP contribution in [0.25, 0.3) is 6.08 Å². The molecule has 0 heterocycles. The van der Waals surface area contributed by atoms with Crippen LogP contribution < -0.4 is 14.8 Å². The lowest BCUT2D eigenvalue weighted by Gasteiger charge is -2.12. The highest BCUT2D eigenvalue weighted by Gasteiger charge is 2.22. The quantitative estimate of drug-likeness (QED) is 0.178.